The number of hydrogen-bond acceptors (Lipinski definition) is 2. The van der Waals surface area contributed by atoms with E-state index in [2.05, 4.69) is 4.98 Å². The highest BCUT2D eigenvalue weighted by atomic mass is 35.5. The molecule has 3 rings (SSSR count). The molecule has 0 atom stereocenters. The number of aliphatic hydroxyl groups is 1. The third-order valence-electron chi connectivity index (χ3n) is 3.53. The normalized spacial score (nSPS) is 11.2. The predicted octanol–water partition coefficient (Wildman–Crippen LogP) is 3.76. The first kappa shape index (κ1) is 13.2. The van der Waals surface area contributed by atoms with E-state index in [9.17, 15) is 5.11 Å². The number of aromatic nitrogens is 2. The first-order valence-corrected chi connectivity index (χ1v) is 6.83. The van der Waals surface area contributed by atoms with Crippen molar-refractivity contribution in [1.29, 1.82) is 0 Å². The summed E-state index contributed by atoms with van der Waals surface area (Å²) < 4.78 is 1.94. The van der Waals surface area contributed by atoms with Crippen LogP contribution in [0, 0.1) is 13.8 Å². The lowest BCUT2D eigenvalue weighted by molar-refractivity contribution is 0.276. The van der Waals surface area contributed by atoms with E-state index in [1.54, 1.807) is 0 Å². The molecule has 2 heterocycles. The van der Waals surface area contributed by atoms with Crippen LogP contribution < -0.4 is 0 Å². The molecule has 0 amide bonds. The minimum absolute atomic E-state index is 0.0539. The molecule has 102 valence electrons. The van der Waals surface area contributed by atoms with Crippen molar-refractivity contribution in [3.63, 3.8) is 0 Å². The van der Waals surface area contributed by atoms with Crippen LogP contribution in [-0.2, 0) is 6.61 Å². The molecule has 1 N–H and O–H groups in total. The Morgan fingerprint density at radius 3 is 2.70 bits per heavy atom. The second-order valence-electron chi connectivity index (χ2n) is 4.91. The fourth-order valence-corrected chi connectivity index (χ4v) is 2.54. The number of aliphatic hydroxyl groups excluding tert-OH is 1. The van der Waals surface area contributed by atoms with Gasteiger partial charge in [0, 0.05) is 16.8 Å². The monoisotopic (exact) mass is 286 g/mol. The molecule has 1 aromatic carbocycles. The van der Waals surface area contributed by atoms with Gasteiger partial charge in [0.15, 0.2) is 0 Å². The zero-order valence-corrected chi connectivity index (χ0v) is 12.1. The van der Waals surface area contributed by atoms with Gasteiger partial charge in [-0.3, -0.25) is 0 Å². The average molecular weight is 287 g/mol. The van der Waals surface area contributed by atoms with Gasteiger partial charge in [0.05, 0.1) is 18.0 Å². The van der Waals surface area contributed by atoms with E-state index < -0.39 is 0 Å². The third-order valence-corrected chi connectivity index (χ3v) is 3.95. The molecular weight excluding hydrogens is 272 g/mol. The maximum Gasteiger partial charge on any atom is 0.140 e. The molecule has 3 aromatic rings. The Morgan fingerprint density at radius 1 is 1.20 bits per heavy atom. The van der Waals surface area contributed by atoms with Crippen LogP contribution in [0.15, 0.2) is 36.5 Å². The van der Waals surface area contributed by atoms with Crippen LogP contribution in [0.5, 0.6) is 0 Å². The number of fused-ring (bicyclic) bond motifs is 1. The Morgan fingerprint density at radius 2 is 2.00 bits per heavy atom. The zero-order valence-electron chi connectivity index (χ0n) is 11.4. The fraction of sp³-hybridized carbons (Fsp3) is 0.188. The van der Waals surface area contributed by atoms with Gasteiger partial charge in [-0.05, 0) is 43.2 Å². The molecule has 0 aliphatic carbocycles. The van der Waals surface area contributed by atoms with E-state index in [-0.39, 0.29) is 6.61 Å². The zero-order chi connectivity index (χ0) is 14.3. The summed E-state index contributed by atoms with van der Waals surface area (Å²) in [6.45, 7) is 3.92. The van der Waals surface area contributed by atoms with Crippen LogP contribution in [0.4, 0.5) is 0 Å². The van der Waals surface area contributed by atoms with E-state index in [4.69, 9.17) is 11.6 Å². The predicted molar refractivity (Wildman–Crippen MR) is 81.0 cm³/mol. The summed E-state index contributed by atoms with van der Waals surface area (Å²) in [5.41, 5.74) is 5.53. The number of hydrogen-bond donors (Lipinski definition) is 1. The average Bonchev–Trinajstić information content (AvgIpc) is 2.82. The standard InChI is InChI=1S/C16H15ClN2O/c1-10-4-3-7-19-14(9-20)15(18-16(10)19)12-5-6-13(17)11(2)8-12/h3-8,20H,9H2,1-2H3. The lowest BCUT2D eigenvalue weighted by Gasteiger charge is -2.04. The van der Waals surface area contributed by atoms with Crippen molar-refractivity contribution in [1.82, 2.24) is 9.38 Å². The van der Waals surface area contributed by atoms with Crippen LogP contribution >= 0.6 is 11.6 Å². The Hall–Kier alpha value is -1.84. The molecule has 0 saturated carbocycles. The maximum absolute atomic E-state index is 9.69. The van der Waals surface area contributed by atoms with Crippen molar-refractivity contribution in [2.45, 2.75) is 20.5 Å². The summed E-state index contributed by atoms with van der Waals surface area (Å²) in [6.07, 6.45) is 1.92. The van der Waals surface area contributed by atoms with Gasteiger partial charge in [0.25, 0.3) is 0 Å². The van der Waals surface area contributed by atoms with Gasteiger partial charge in [-0.15, -0.1) is 0 Å². The van der Waals surface area contributed by atoms with Crippen molar-refractivity contribution in [3.8, 4) is 11.3 Å². The molecule has 0 aliphatic heterocycles. The summed E-state index contributed by atoms with van der Waals surface area (Å²) in [5.74, 6) is 0. The lowest BCUT2D eigenvalue weighted by Crippen LogP contribution is -1.94. The highest BCUT2D eigenvalue weighted by Crippen LogP contribution is 2.28. The SMILES string of the molecule is Cc1cc(-c2nc3c(C)cccn3c2CO)ccc1Cl. The molecule has 0 unspecified atom stereocenters. The Balaban J connectivity index is 2.30. The summed E-state index contributed by atoms with van der Waals surface area (Å²) >= 11 is 6.07. The van der Waals surface area contributed by atoms with Crippen molar-refractivity contribution < 1.29 is 5.11 Å². The number of aryl methyl sites for hydroxylation is 2. The number of halogens is 1. The highest BCUT2D eigenvalue weighted by molar-refractivity contribution is 6.31. The summed E-state index contributed by atoms with van der Waals surface area (Å²) in [6, 6.07) is 9.77. The topological polar surface area (TPSA) is 37.5 Å². The van der Waals surface area contributed by atoms with Gasteiger partial charge in [-0.25, -0.2) is 4.98 Å². The number of pyridine rings is 1. The summed E-state index contributed by atoms with van der Waals surface area (Å²) in [4.78, 5) is 4.68. The maximum atomic E-state index is 9.69. The molecule has 0 saturated heterocycles. The molecule has 0 spiro atoms. The number of nitrogens with zero attached hydrogens (tertiary/aromatic N) is 2. The quantitative estimate of drug-likeness (QED) is 0.779. The summed E-state index contributed by atoms with van der Waals surface area (Å²) in [5, 5.41) is 10.4. The van der Waals surface area contributed by atoms with Gasteiger partial charge in [-0.1, -0.05) is 23.7 Å². The third kappa shape index (κ3) is 1.99. The number of benzene rings is 1. The lowest BCUT2D eigenvalue weighted by atomic mass is 10.1. The van der Waals surface area contributed by atoms with Crippen LogP contribution in [0.25, 0.3) is 16.9 Å². The largest absolute Gasteiger partial charge is 0.390 e. The molecule has 0 fully saturated rings. The van der Waals surface area contributed by atoms with Crippen LogP contribution in [0.2, 0.25) is 5.02 Å². The second-order valence-corrected chi connectivity index (χ2v) is 5.32. The molecule has 20 heavy (non-hydrogen) atoms. The minimum Gasteiger partial charge on any atom is -0.390 e. The van der Waals surface area contributed by atoms with Gasteiger partial charge >= 0.3 is 0 Å². The van der Waals surface area contributed by atoms with Crippen LogP contribution in [0.1, 0.15) is 16.8 Å². The smallest absolute Gasteiger partial charge is 0.140 e. The van der Waals surface area contributed by atoms with Crippen molar-refractivity contribution in [2.24, 2.45) is 0 Å². The van der Waals surface area contributed by atoms with Crippen molar-refractivity contribution in [3.05, 3.63) is 58.4 Å². The highest BCUT2D eigenvalue weighted by Gasteiger charge is 2.14. The molecule has 0 aliphatic rings. The van der Waals surface area contributed by atoms with E-state index in [0.29, 0.717) is 0 Å². The van der Waals surface area contributed by atoms with Crippen LogP contribution in [0.3, 0.4) is 0 Å². The minimum atomic E-state index is -0.0539. The number of rotatable bonds is 2. The molecular formula is C16H15ClN2O. The first-order chi connectivity index (χ1) is 9.61. The second kappa shape index (κ2) is 4.93. The van der Waals surface area contributed by atoms with Gasteiger partial charge in [-0.2, -0.15) is 0 Å². The Kier molecular flexibility index (Phi) is 3.24. The van der Waals surface area contributed by atoms with Crippen molar-refractivity contribution >= 4 is 17.2 Å². The number of imidazole rings is 1. The molecule has 0 bridgehead atoms. The van der Waals surface area contributed by atoms with Gasteiger partial charge < -0.3 is 9.51 Å². The van der Waals surface area contributed by atoms with Gasteiger partial charge in [0.1, 0.15) is 5.65 Å². The molecule has 0 radical (unpaired) electrons. The van der Waals surface area contributed by atoms with Gasteiger partial charge in [0.2, 0.25) is 0 Å². The van der Waals surface area contributed by atoms with Crippen molar-refractivity contribution in [2.75, 3.05) is 0 Å². The van der Waals surface area contributed by atoms with E-state index in [0.717, 1.165) is 38.7 Å². The Bertz CT molecular complexity index is 793. The first-order valence-electron chi connectivity index (χ1n) is 6.45. The molecule has 3 nitrogen and oxygen atoms in total. The molecule has 4 heteroatoms. The summed E-state index contributed by atoms with van der Waals surface area (Å²) in [7, 11) is 0. The molecule has 2 aromatic heterocycles. The van der Waals surface area contributed by atoms with E-state index >= 15 is 0 Å². The van der Waals surface area contributed by atoms with E-state index in [1.165, 1.54) is 0 Å². The van der Waals surface area contributed by atoms with E-state index in [1.807, 2.05) is 54.8 Å². The fourth-order valence-electron chi connectivity index (χ4n) is 2.43. The Labute approximate surface area is 122 Å². The van der Waals surface area contributed by atoms with Crippen LogP contribution in [-0.4, -0.2) is 14.5 Å².